The first-order chi connectivity index (χ1) is 12.4. The predicted octanol–water partition coefficient (Wildman–Crippen LogP) is 2.13. The van der Waals surface area contributed by atoms with Gasteiger partial charge in [-0.05, 0) is 19.9 Å². The molecule has 0 spiro atoms. The summed E-state index contributed by atoms with van der Waals surface area (Å²) in [5.41, 5.74) is 1.80. The van der Waals surface area contributed by atoms with Gasteiger partial charge < -0.3 is 14.2 Å². The van der Waals surface area contributed by atoms with E-state index < -0.39 is 0 Å². The lowest BCUT2D eigenvalue weighted by Gasteiger charge is -2.32. The molecule has 26 heavy (non-hydrogen) atoms. The second-order valence-corrected chi connectivity index (χ2v) is 6.91. The first-order valence-corrected chi connectivity index (χ1v) is 8.96. The van der Waals surface area contributed by atoms with E-state index in [1.807, 2.05) is 33.8 Å². The van der Waals surface area contributed by atoms with Crippen LogP contribution in [0.2, 0.25) is 0 Å². The van der Waals surface area contributed by atoms with Crippen molar-refractivity contribution in [1.82, 2.24) is 25.0 Å². The van der Waals surface area contributed by atoms with Crippen LogP contribution in [0.25, 0.3) is 0 Å². The van der Waals surface area contributed by atoms with Gasteiger partial charge in [-0.25, -0.2) is 9.97 Å². The molecular weight excluding hydrogens is 334 g/mol. The third-order valence-corrected chi connectivity index (χ3v) is 4.26. The summed E-state index contributed by atoms with van der Waals surface area (Å²) in [6.45, 7) is 9.37. The molecule has 2 aromatic heterocycles. The second-order valence-electron chi connectivity index (χ2n) is 6.91. The zero-order chi connectivity index (χ0) is 18.7. The van der Waals surface area contributed by atoms with Gasteiger partial charge in [-0.3, -0.25) is 4.79 Å². The number of nitrogens with zero attached hydrogens (tertiary/aromatic N) is 5. The number of carbonyl (C=O) groups excluding carboxylic acids is 1. The molecule has 0 saturated carbocycles. The zero-order valence-corrected chi connectivity index (χ0v) is 15.7. The average molecular weight is 359 g/mol. The highest BCUT2D eigenvalue weighted by atomic mass is 16.5. The fourth-order valence-corrected chi connectivity index (χ4v) is 2.91. The van der Waals surface area contributed by atoms with E-state index in [1.54, 1.807) is 4.90 Å². The van der Waals surface area contributed by atoms with Gasteiger partial charge in [-0.2, -0.15) is 4.98 Å². The molecule has 0 bridgehead atoms. The van der Waals surface area contributed by atoms with Gasteiger partial charge in [0.1, 0.15) is 6.10 Å². The van der Waals surface area contributed by atoms with E-state index in [2.05, 4.69) is 20.1 Å². The van der Waals surface area contributed by atoms with E-state index >= 15 is 0 Å². The molecule has 1 fully saturated rings. The Balaban J connectivity index is 1.58. The van der Waals surface area contributed by atoms with Gasteiger partial charge in [-0.1, -0.05) is 19.0 Å². The predicted molar refractivity (Wildman–Crippen MR) is 93.5 cm³/mol. The number of aromatic nitrogens is 4. The molecule has 8 nitrogen and oxygen atoms in total. The molecule has 1 aliphatic heterocycles. The summed E-state index contributed by atoms with van der Waals surface area (Å²) in [5, 5.41) is 3.93. The van der Waals surface area contributed by atoms with Crippen LogP contribution in [0.4, 0.5) is 0 Å². The minimum Gasteiger partial charge on any atom is -0.367 e. The van der Waals surface area contributed by atoms with Crippen molar-refractivity contribution < 1.29 is 14.1 Å². The largest absolute Gasteiger partial charge is 0.367 e. The van der Waals surface area contributed by atoms with Crippen molar-refractivity contribution in [2.75, 3.05) is 19.7 Å². The summed E-state index contributed by atoms with van der Waals surface area (Å²) in [4.78, 5) is 27.6. The molecule has 1 amide bonds. The molecule has 0 radical (unpaired) electrons. The Morgan fingerprint density at radius 3 is 2.65 bits per heavy atom. The van der Waals surface area contributed by atoms with E-state index in [4.69, 9.17) is 9.26 Å². The first-order valence-electron chi connectivity index (χ1n) is 8.96. The molecular formula is C18H25N5O3. The Morgan fingerprint density at radius 1 is 1.27 bits per heavy atom. The fraction of sp³-hybridized carbons (Fsp3) is 0.611. The maximum Gasteiger partial charge on any atom is 0.227 e. The van der Waals surface area contributed by atoms with Crippen molar-refractivity contribution >= 4 is 5.91 Å². The number of morpholine rings is 1. The molecule has 3 rings (SSSR count). The van der Waals surface area contributed by atoms with Crippen LogP contribution < -0.4 is 0 Å². The standard InChI is InChI=1S/C18H25N5O3/c1-11(2)17-21-15(26-22-17)5-6-16(24)23-7-8-25-14(10-23)18-19-12(3)9-13(4)20-18/h9,11,14H,5-8,10H2,1-4H3/t14-/m0/s1. The van der Waals surface area contributed by atoms with Crippen LogP contribution in [-0.2, 0) is 16.0 Å². The van der Waals surface area contributed by atoms with Crippen LogP contribution in [0.3, 0.4) is 0 Å². The fourth-order valence-electron chi connectivity index (χ4n) is 2.91. The molecule has 1 atom stereocenters. The van der Waals surface area contributed by atoms with Crippen LogP contribution in [0.5, 0.6) is 0 Å². The van der Waals surface area contributed by atoms with E-state index in [0.29, 0.717) is 50.1 Å². The van der Waals surface area contributed by atoms with Crippen molar-refractivity contribution in [3.8, 4) is 0 Å². The lowest BCUT2D eigenvalue weighted by molar-refractivity contribution is -0.139. The number of rotatable bonds is 5. The van der Waals surface area contributed by atoms with Crippen molar-refractivity contribution in [1.29, 1.82) is 0 Å². The molecule has 8 heteroatoms. The number of carbonyl (C=O) groups is 1. The maximum atomic E-state index is 12.6. The van der Waals surface area contributed by atoms with Crippen LogP contribution in [0.15, 0.2) is 10.6 Å². The molecule has 0 aromatic carbocycles. The molecule has 1 saturated heterocycles. The number of amides is 1. The topological polar surface area (TPSA) is 94.2 Å². The van der Waals surface area contributed by atoms with E-state index in [-0.39, 0.29) is 17.9 Å². The average Bonchev–Trinajstić information content (AvgIpc) is 3.08. The third-order valence-electron chi connectivity index (χ3n) is 4.26. The van der Waals surface area contributed by atoms with Crippen LogP contribution in [0, 0.1) is 13.8 Å². The summed E-state index contributed by atoms with van der Waals surface area (Å²) in [6.07, 6.45) is 0.489. The van der Waals surface area contributed by atoms with Gasteiger partial charge >= 0.3 is 0 Å². The first kappa shape index (κ1) is 18.4. The number of ether oxygens (including phenoxy) is 1. The van der Waals surface area contributed by atoms with Crippen molar-refractivity contribution in [2.24, 2.45) is 0 Å². The van der Waals surface area contributed by atoms with Gasteiger partial charge in [0.2, 0.25) is 11.8 Å². The SMILES string of the molecule is Cc1cc(C)nc([C@@H]2CN(C(=O)CCc3nc(C(C)C)no3)CCO2)n1. The number of aryl methyl sites for hydroxylation is 3. The normalized spacial score (nSPS) is 17.7. The van der Waals surface area contributed by atoms with Gasteiger partial charge in [0.05, 0.1) is 13.2 Å². The maximum absolute atomic E-state index is 12.6. The third kappa shape index (κ3) is 4.43. The highest BCUT2D eigenvalue weighted by Crippen LogP contribution is 2.21. The lowest BCUT2D eigenvalue weighted by atomic mass is 10.2. The van der Waals surface area contributed by atoms with Crippen molar-refractivity contribution in [3.05, 3.63) is 35.0 Å². The second kappa shape index (κ2) is 7.90. The van der Waals surface area contributed by atoms with Gasteiger partial charge in [-0.15, -0.1) is 0 Å². The zero-order valence-electron chi connectivity index (χ0n) is 15.7. The van der Waals surface area contributed by atoms with Crippen LogP contribution >= 0.6 is 0 Å². The van der Waals surface area contributed by atoms with Crippen molar-refractivity contribution in [2.45, 2.75) is 52.6 Å². The monoisotopic (exact) mass is 359 g/mol. The van der Waals surface area contributed by atoms with Crippen LogP contribution in [0.1, 0.15) is 61.2 Å². The summed E-state index contributed by atoms with van der Waals surface area (Å²) < 4.78 is 11.0. The minimum atomic E-state index is -0.290. The Hall–Kier alpha value is -2.35. The lowest BCUT2D eigenvalue weighted by Crippen LogP contribution is -2.42. The highest BCUT2D eigenvalue weighted by molar-refractivity contribution is 5.76. The summed E-state index contributed by atoms with van der Waals surface area (Å²) in [5.74, 6) is 2.07. The Labute approximate surface area is 153 Å². The van der Waals surface area contributed by atoms with Crippen LogP contribution in [-0.4, -0.2) is 50.6 Å². The van der Waals surface area contributed by atoms with E-state index in [1.165, 1.54) is 0 Å². The smallest absolute Gasteiger partial charge is 0.227 e. The van der Waals surface area contributed by atoms with Crippen molar-refractivity contribution in [3.63, 3.8) is 0 Å². The Kier molecular flexibility index (Phi) is 5.61. The molecule has 1 aliphatic rings. The van der Waals surface area contributed by atoms with Gasteiger partial charge in [0.15, 0.2) is 11.6 Å². The molecule has 3 heterocycles. The van der Waals surface area contributed by atoms with Gasteiger partial charge in [0, 0.05) is 36.7 Å². The molecule has 0 aliphatic carbocycles. The summed E-state index contributed by atoms with van der Waals surface area (Å²) in [7, 11) is 0. The van der Waals surface area contributed by atoms with Gasteiger partial charge in [0.25, 0.3) is 0 Å². The van der Waals surface area contributed by atoms with E-state index in [0.717, 1.165) is 11.4 Å². The minimum absolute atomic E-state index is 0.0481. The van der Waals surface area contributed by atoms with E-state index in [9.17, 15) is 4.79 Å². The Bertz CT molecular complexity index is 754. The number of hydrogen-bond acceptors (Lipinski definition) is 7. The summed E-state index contributed by atoms with van der Waals surface area (Å²) in [6, 6.07) is 1.92. The molecule has 2 aromatic rings. The quantitative estimate of drug-likeness (QED) is 0.807. The molecule has 0 N–H and O–H groups in total. The Morgan fingerprint density at radius 2 is 2.00 bits per heavy atom. The highest BCUT2D eigenvalue weighted by Gasteiger charge is 2.27. The summed E-state index contributed by atoms with van der Waals surface area (Å²) >= 11 is 0. The molecule has 140 valence electrons. The number of hydrogen-bond donors (Lipinski definition) is 0. The molecule has 0 unspecified atom stereocenters.